The molecule has 0 fully saturated rings. The summed E-state index contributed by atoms with van der Waals surface area (Å²) in [7, 11) is 5.16. The number of nitrogens with zero attached hydrogens (tertiary/aromatic N) is 2. The molecule has 2 heterocycles. The molecule has 0 saturated heterocycles. The van der Waals surface area contributed by atoms with E-state index in [1.807, 2.05) is 31.1 Å². The van der Waals surface area contributed by atoms with Gasteiger partial charge in [0.15, 0.2) is 11.5 Å². The third-order valence-corrected chi connectivity index (χ3v) is 5.85. The summed E-state index contributed by atoms with van der Waals surface area (Å²) in [5.74, 6) is -2.20. The van der Waals surface area contributed by atoms with Crippen molar-refractivity contribution in [2.75, 3.05) is 34.3 Å². The summed E-state index contributed by atoms with van der Waals surface area (Å²) >= 11 is 0. The van der Waals surface area contributed by atoms with Gasteiger partial charge in [-0.15, -0.1) is 0 Å². The Morgan fingerprint density at radius 2 is 1.82 bits per heavy atom. The predicted molar refractivity (Wildman–Crippen MR) is 126 cm³/mol. The van der Waals surface area contributed by atoms with E-state index in [1.54, 1.807) is 42.5 Å². The van der Waals surface area contributed by atoms with E-state index in [1.165, 1.54) is 12.0 Å². The van der Waals surface area contributed by atoms with Crippen LogP contribution in [0.3, 0.4) is 0 Å². The van der Waals surface area contributed by atoms with Crippen LogP contribution in [0.2, 0.25) is 0 Å². The Labute approximate surface area is 197 Å². The fourth-order valence-electron chi connectivity index (χ4n) is 4.17. The Balaban J connectivity index is 1.74. The second kappa shape index (κ2) is 9.52. The molecule has 1 aliphatic rings. The van der Waals surface area contributed by atoms with Crippen molar-refractivity contribution in [2.24, 2.45) is 0 Å². The lowest BCUT2D eigenvalue weighted by Gasteiger charge is -2.27. The first-order chi connectivity index (χ1) is 16.3. The molecule has 1 N–H and O–H groups in total. The van der Waals surface area contributed by atoms with Crippen molar-refractivity contribution < 1.29 is 28.6 Å². The Morgan fingerprint density at radius 3 is 2.47 bits per heavy atom. The molecule has 0 spiro atoms. The SMILES string of the molecule is COC(=O)c1ccc([C@@H]2C(C(=O)c3cc4ccccc4o3)=C(O)C(=O)N2CCCN(C)C)cc1. The molecule has 0 bridgehead atoms. The topological polar surface area (TPSA) is 100 Å². The van der Waals surface area contributed by atoms with Gasteiger partial charge in [-0.05, 0) is 56.9 Å². The number of aliphatic hydroxyl groups excluding tert-OH is 1. The van der Waals surface area contributed by atoms with Gasteiger partial charge in [0.2, 0.25) is 5.78 Å². The molecule has 1 amide bonds. The molecule has 8 nitrogen and oxygen atoms in total. The van der Waals surface area contributed by atoms with Crippen molar-refractivity contribution in [3.8, 4) is 0 Å². The number of para-hydroxylation sites is 1. The number of amides is 1. The van der Waals surface area contributed by atoms with Gasteiger partial charge in [0.05, 0.1) is 24.3 Å². The van der Waals surface area contributed by atoms with Crippen LogP contribution in [-0.4, -0.2) is 66.9 Å². The fraction of sp³-hybridized carbons (Fsp3) is 0.269. The zero-order valence-electron chi connectivity index (χ0n) is 19.3. The van der Waals surface area contributed by atoms with Crippen LogP contribution in [0.1, 0.15) is 38.9 Å². The third-order valence-electron chi connectivity index (χ3n) is 5.85. The van der Waals surface area contributed by atoms with E-state index in [4.69, 9.17) is 9.15 Å². The van der Waals surface area contributed by atoms with Crippen molar-refractivity contribution in [3.63, 3.8) is 0 Å². The van der Waals surface area contributed by atoms with Crippen LogP contribution < -0.4 is 0 Å². The van der Waals surface area contributed by atoms with Gasteiger partial charge in [0.1, 0.15) is 5.58 Å². The number of fused-ring (bicyclic) bond motifs is 1. The molecule has 4 rings (SSSR count). The zero-order chi connectivity index (χ0) is 24.4. The first-order valence-corrected chi connectivity index (χ1v) is 10.9. The van der Waals surface area contributed by atoms with E-state index >= 15 is 0 Å². The van der Waals surface area contributed by atoms with Crippen LogP contribution in [0.25, 0.3) is 11.0 Å². The third kappa shape index (κ3) is 4.32. The molecule has 0 aliphatic carbocycles. The molecule has 0 saturated carbocycles. The Hall–Kier alpha value is -3.91. The minimum absolute atomic E-state index is 0.0419. The maximum atomic E-state index is 13.5. The van der Waals surface area contributed by atoms with Crippen LogP contribution >= 0.6 is 0 Å². The maximum Gasteiger partial charge on any atom is 0.337 e. The lowest BCUT2D eigenvalue weighted by Crippen LogP contribution is -2.33. The normalized spacial score (nSPS) is 16.1. The van der Waals surface area contributed by atoms with Crippen molar-refractivity contribution in [2.45, 2.75) is 12.5 Å². The Kier molecular flexibility index (Phi) is 6.51. The molecule has 1 aliphatic heterocycles. The van der Waals surface area contributed by atoms with E-state index in [0.717, 1.165) is 11.9 Å². The van der Waals surface area contributed by atoms with Gasteiger partial charge >= 0.3 is 5.97 Å². The van der Waals surface area contributed by atoms with Crippen molar-refractivity contribution in [1.82, 2.24) is 9.80 Å². The minimum Gasteiger partial charge on any atom is -0.503 e. The quantitative estimate of drug-likeness (QED) is 0.402. The number of ketones is 1. The number of carbonyl (C=O) groups excluding carboxylic acids is 3. The van der Waals surface area contributed by atoms with Crippen molar-refractivity contribution >= 4 is 28.6 Å². The number of esters is 1. The van der Waals surface area contributed by atoms with Crippen LogP contribution in [0, 0.1) is 0 Å². The molecule has 1 aromatic heterocycles. The highest BCUT2D eigenvalue weighted by Gasteiger charge is 2.44. The van der Waals surface area contributed by atoms with E-state index < -0.39 is 29.5 Å². The number of hydrogen-bond acceptors (Lipinski definition) is 7. The van der Waals surface area contributed by atoms with E-state index in [0.29, 0.717) is 29.7 Å². The summed E-state index contributed by atoms with van der Waals surface area (Å²) in [6.45, 7) is 1.06. The number of methoxy groups -OCH3 is 1. The molecule has 3 aromatic rings. The van der Waals surface area contributed by atoms with Crippen LogP contribution in [0.5, 0.6) is 0 Å². The van der Waals surface area contributed by atoms with Gasteiger partial charge in [-0.2, -0.15) is 0 Å². The van der Waals surface area contributed by atoms with Crippen LogP contribution in [-0.2, 0) is 9.53 Å². The van der Waals surface area contributed by atoms with Crippen molar-refractivity contribution in [1.29, 1.82) is 0 Å². The lowest BCUT2D eigenvalue weighted by molar-refractivity contribution is -0.129. The molecular formula is C26H26N2O6. The van der Waals surface area contributed by atoms with Gasteiger partial charge in [-0.3, -0.25) is 9.59 Å². The second-order valence-corrected chi connectivity index (χ2v) is 8.41. The first kappa shape index (κ1) is 23.3. The zero-order valence-corrected chi connectivity index (χ0v) is 19.3. The van der Waals surface area contributed by atoms with Crippen LogP contribution in [0.15, 0.2) is 70.3 Å². The highest BCUT2D eigenvalue weighted by molar-refractivity contribution is 6.16. The summed E-state index contributed by atoms with van der Waals surface area (Å²) in [5.41, 5.74) is 1.43. The number of benzene rings is 2. The van der Waals surface area contributed by atoms with Crippen molar-refractivity contribution in [3.05, 3.63) is 82.8 Å². The smallest absolute Gasteiger partial charge is 0.337 e. The molecule has 8 heteroatoms. The summed E-state index contributed by atoms with van der Waals surface area (Å²) in [6, 6.07) is 14.5. The molecule has 176 valence electrons. The van der Waals surface area contributed by atoms with Gasteiger partial charge in [0.25, 0.3) is 5.91 Å². The average molecular weight is 463 g/mol. The minimum atomic E-state index is -0.818. The number of rotatable bonds is 8. The van der Waals surface area contributed by atoms with E-state index in [2.05, 4.69) is 0 Å². The van der Waals surface area contributed by atoms with Gasteiger partial charge in [0, 0.05) is 11.9 Å². The number of ether oxygens (including phenoxy) is 1. The van der Waals surface area contributed by atoms with Gasteiger partial charge < -0.3 is 24.1 Å². The largest absolute Gasteiger partial charge is 0.503 e. The fourth-order valence-corrected chi connectivity index (χ4v) is 4.17. The Morgan fingerprint density at radius 1 is 1.12 bits per heavy atom. The first-order valence-electron chi connectivity index (χ1n) is 10.9. The summed E-state index contributed by atoms with van der Waals surface area (Å²) in [6.07, 6.45) is 0.648. The highest BCUT2D eigenvalue weighted by atomic mass is 16.5. The second-order valence-electron chi connectivity index (χ2n) is 8.41. The molecule has 0 unspecified atom stereocenters. The maximum absolute atomic E-state index is 13.5. The monoisotopic (exact) mass is 462 g/mol. The lowest BCUT2D eigenvalue weighted by atomic mass is 9.94. The molecular weight excluding hydrogens is 436 g/mol. The number of hydrogen-bond donors (Lipinski definition) is 1. The Bertz CT molecular complexity index is 1240. The van der Waals surface area contributed by atoms with E-state index in [9.17, 15) is 19.5 Å². The molecule has 1 atom stereocenters. The number of Topliss-reactive ketones (excluding diaryl/α,β-unsaturated/α-hetero) is 1. The van der Waals surface area contributed by atoms with E-state index in [-0.39, 0.29) is 11.3 Å². The van der Waals surface area contributed by atoms with Crippen LogP contribution in [0.4, 0.5) is 0 Å². The number of aliphatic hydroxyl groups is 1. The van der Waals surface area contributed by atoms with Gasteiger partial charge in [-0.1, -0.05) is 30.3 Å². The average Bonchev–Trinajstić information content (AvgIpc) is 3.38. The summed E-state index contributed by atoms with van der Waals surface area (Å²) in [4.78, 5) is 41.9. The van der Waals surface area contributed by atoms with Gasteiger partial charge in [-0.25, -0.2) is 4.79 Å². The summed E-state index contributed by atoms with van der Waals surface area (Å²) < 4.78 is 10.5. The predicted octanol–water partition coefficient (Wildman–Crippen LogP) is 3.75. The molecule has 2 aromatic carbocycles. The molecule has 34 heavy (non-hydrogen) atoms. The standard InChI is InChI=1S/C26H26N2O6/c1-27(2)13-6-14-28-22(16-9-11-17(12-10-16)26(32)33-3)21(24(30)25(28)31)23(29)20-15-18-7-4-5-8-19(18)34-20/h4-5,7-12,15,22,30H,6,13-14H2,1-3H3/t22-/m1/s1. The summed E-state index contributed by atoms with van der Waals surface area (Å²) in [5, 5.41) is 11.5. The highest BCUT2D eigenvalue weighted by Crippen LogP contribution is 2.39. The number of carbonyl (C=O) groups is 3. The molecule has 0 radical (unpaired) electrons. The number of furan rings is 1.